The van der Waals surface area contributed by atoms with Gasteiger partial charge in [0.2, 0.25) is 0 Å². The second kappa shape index (κ2) is 8.27. The van der Waals surface area contributed by atoms with Crippen LogP contribution in [0.25, 0.3) is 0 Å². The van der Waals surface area contributed by atoms with Crippen molar-refractivity contribution >= 4 is 29.0 Å². The standard InChI is InChI=1S/C24H35ClN4O2/c1-16-14-28(21-19(25)7-6-12-26-21)15-17(2)29(16)22(30)20-13-24(31-27-20)10-8-18(9-11-24)23(3,4)5/h6-7,12,16-18H,8-11,13-15H2,1-5H3/t16?,17?,18-,24-. The van der Waals surface area contributed by atoms with E-state index in [1.807, 2.05) is 17.0 Å². The number of nitrogens with zero attached hydrogens (tertiary/aromatic N) is 4. The molecule has 2 fully saturated rings. The first-order valence-electron chi connectivity index (χ1n) is 11.5. The number of anilines is 1. The Labute approximate surface area is 191 Å². The molecular weight excluding hydrogens is 412 g/mol. The van der Waals surface area contributed by atoms with Crippen molar-refractivity contribution in [1.29, 1.82) is 0 Å². The summed E-state index contributed by atoms with van der Waals surface area (Å²) >= 11 is 6.36. The predicted molar refractivity (Wildman–Crippen MR) is 125 cm³/mol. The fourth-order valence-corrected chi connectivity index (χ4v) is 5.81. The lowest BCUT2D eigenvalue weighted by molar-refractivity contribution is -0.128. The number of rotatable bonds is 2. The number of amides is 1. The number of oxime groups is 1. The summed E-state index contributed by atoms with van der Waals surface area (Å²) in [7, 11) is 0. The van der Waals surface area contributed by atoms with Crippen molar-refractivity contribution < 1.29 is 9.63 Å². The van der Waals surface area contributed by atoms with Gasteiger partial charge < -0.3 is 14.6 Å². The van der Waals surface area contributed by atoms with Gasteiger partial charge in [-0.3, -0.25) is 4.79 Å². The van der Waals surface area contributed by atoms with Crippen molar-refractivity contribution in [3.05, 3.63) is 23.4 Å². The highest BCUT2D eigenvalue weighted by molar-refractivity contribution is 6.39. The molecule has 3 aliphatic rings. The average molecular weight is 447 g/mol. The highest BCUT2D eigenvalue weighted by Crippen LogP contribution is 2.46. The zero-order chi connectivity index (χ0) is 22.4. The van der Waals surface area contributed by atoms with Gasteiger partial charge in [0.1, 0.15) is 17.1 Å². The Hall–Kier alpha value is -1.82. The first-order valence-corrected chi connectivity index (χ1v) is 11.9. The van der Waals surface area contributed by atoms with Crippen LogP contribution in [0.5, 0.6) is 0 Å². The number of aromatic nitrogens is 1. The highest BCUT2D eigenvalue weighted by Gasteiger charge is 2.47. The molecule has 0 N–H and O–H groups in total. The number of halogens is 1. The average Bonchev–Trinajstić information content (AvgIpc) is 3.11. The summed E-state index contributed by atoms with van der Waals surface area (Å²) in [5.74, 6) is 1.50. The Morgan fingerprint density at radius 1 is 1.19 bits per heavy atom. The summed E-state index contributed by atoms with van der Waals surface area (Å²) in [6, 6.07) is 3.76. The van der Waals surface area contributed by atoms with E-state index in [1.54, 1.807) is 6.20 Å². The van der Waals surface area contributed by atoms with E-state index in [0.717, 1.165) is 31.5 Å². The molecule has 1 aliphatic carbocycles. The van der Waals surface area contributed by atoms with Crippen LogP contribution in [-0.2, 0) is 9.63 Å². The van der Waals surface area contributed by atoms with Crippen LogP contribution in [0.3, 0.4) is 0 Å². The van der Waals surface area contributed by atoms with Crippen molar-refractivity contribution in [2.24, 2.45) is 16.5 Å². The van der Waals surface area contributed by atoms with E-state index < -0.39 is 0 Å². The summed E-state index contributed by atoms with van der Waals surface area (Å²) in [5, 5.41) is 4.96. The monoisotopic (exact) mass is 446 g/mol. The molecule has 3 heterocycles. The Balaban J connectivity index is 1.40. The van der Waals surface area contributed by atoms with Gasteiger partial charge in [0.15, 0.2) is 0 Å². The third-order valence-electron chi connectivity index (χ3n) is 7.40. The lowest BCUT2D eigenvalue weighted by atomic mass is 9.67. The third-order valence-corrected chi connectivity index (χ3v) is 7.69. The minimum atomic E-state index is -0.275. The highest BCUT2D eigenvalue weighted by atomic mass is 35.5. The topological polar surface area (TPSA) is 58.0 Å². The second-order valence-corrected chi connectivity index (χ2v) is 11.2. The van der Waals surface area contributed by atoms with Gasteiger partial charge in [-0.25, -0.2) is 4.98 Å². The van der Waals surface area contributed by atoms with Crippen LogP contribution in [0.1, 0.15) is 66.7 Å². The Bertz CT molecular complexity index is 845. The maximum atomic E-state index is 13.4. The van der Waals surface area contributed by atoms with Gasteiger partial charge in [-0.05, 0) is 63.0 Å². The van der Waals surface area contributed by atoms with Gasteiger partial charge in [-0.2, -0.15) is 0 Å². The van der Waals surface area contributed by atoms with Crippen LogP contribution in [0.15, 0.2) is 23.5 Å². The first-order chi connectivity index (χ1) is 14.6. The molecule has 1 aromatic heterocycles. The zero-order valence-corrected chi connectivity index (χ0v) is 20.2. The fraction of sp³-hybridized carbons (Fsp3) is 0.708. The quantitative estimate of drug-likeness (QED) is 0.647. The largest absolute Gasteiger partial charge is 0.388 e. The Morgan fingerprint density at radius 3 is 2.42 bits per heavy atom. The van der Waals surface area contributed by atoms with E-state index in [1.165, 1.54) is 0 Å². The maximum Gasteiger partial charge on any atom is 0.272 e. The molecule has 1 spiro atoms. The number of pyridine rings is 1. The molecule has 7 heteroatoms. The fourth-order valence-electron chi connectivity index (χ4n) is 5.57. The molecule has 0 radical (unpaired) electrons. The molecule has 2 aliphatic heterocycles. The maximum absolute atomic E-state index is 13.4. The Morgan fingerprint density at radius 2 is 1.84 bits per heavy atom. The molecule has 1 saturated heterocycles. The van der Waals surface area contributed by atoms with Gasteiger partial charge in [0, 0.05) is 37.8 Å². The normalized spacial score (nSPS) is 31.5. The second-order valence-electron chi connectivity index (χ2n) is 10.8. The van der Waals surface area contributed by atoms with Crippen LogP contribution in [0.4, 0.5) is 5.82 Å². The van der Waals surface area contributed by atoms with E-state index in [9.17, 15) is 4.79 Å². The van der Waals surface area contributed by atoms with Crippen molar-refractivity contribution in [2.75, 3.05) is 18.0 Å². The summed E-state index contributed by atoms with van der Waals surface area (Å²) in [5.41, 5.74) is 0.626. The van der Waals surface area contributed by atoms with Crippen molar-refractivity contribution in [1.82, 2.24) is 9.88 Å². The van der Waals surface area contributed by atoms with Crippen molar-refractivity contribution in [3.8, 4) is 0 Å². The number of carbonyl (C=O) groups excluding carboxylic acids is 1. The molecule has 0 bridgehead atoms. The van der Waals surface area contributed by atoms with Gasteiger partial charge in [-0.15, -0.1) is 0 Å². The third kappa shape index (κ3) is 4.41. The van der Waals surface area contributed by atoms with Crippen LogP contribution in [0, 0.1) is 11.3 Å². The summed E-state index contributed by atoms with van der Waals surface area (Å²) in [6.07, 6.45) is 6.62. The lowest BCUT2D eigenvalue weighted by Crippen LogP contribution is -2.60. The number of hydrogen-bond acceptors (Lipinski definition) is 5. The number of piperazine rings is 1. The molecular formula is C24H35ClN4O2. The predicted octanol–water partition coefficient (Wildman–Crippen LogP) is 4.91. The van der Waals surface area contributed by atoms with E-state index >= 15 is 0 Å². The Kier molecular flexibility index (Phi) is 5.97. The zero-order valence-electron chi connectivity index (χ0n) is 19.4. The summed E-state index contributed by atoms with van der Waals surface area (Å²) < 4.78 is 0. The van der Waals surface area contributed by atoms with Crippen LogP contribution < -0.4 is 4.90 Å². The van der Waals surface area contributed by atoms with Gasteiger partial charge in [-0.1, -0.05) is 37.5 Å². The van der Waals surface area contributed by atoms with Crippen LogP contribution in [-0.4, -0.2) is 52.3 Å². The van der Waals surface area contributed by atoms with Gasteiger partial charge in [0.05, 0.1) is 5.02 Å². The number of hydrogen-bond donors (Lipinski definition) is 0. The van der Waals surface area contributed by atoms with E-state index in [0.29, 0.717) is 41.6 Å². The molecule has 6 nitrogen and oxygen atoms in total. The smallest absolute Gasteiger partial charge is 0.272 e. The van der Waals surface area contributed by atoms with Gasteiger partial charge in [0.25, 0.3) is 5.91 Å². The molecule has 31 heavy (non-hydrogen) atoms. The molecule has 170 valence electrons. The van der Waals surface area contributed by atoms with E-state index in [2.05, 4.69) is 49.7 Å². The molecule has 0 aromatic carbocycles. The minimum Gasteiger partial charge on any atom is -0.388 e. The van der Waals surface area contributed by atoms with E-state index in [-0.39, 0.29) is 23.6 Å². The van der Waals surface area contributed by atoms with Crippen molar-refractivity contribution in [2.45, 2.75) is 84.4 Å². The SMILES string of the molecule is CC1CN(c2ncccc2Cl)CC(C)N1C(=O)C1=NO[C@]2(CC[C@H](C(C)(C)C)CC2)C1. The van der Waals surface area contributed by atoms with Crippen LogP contribution >= 0.6 is 11.6 Å². The summed E-state index contributed by atoms with van der Waals surface area (Å²) in [4.78, 5) is 28.0. The minimum absolute atomic E-state index is 0.0154. The van der Waals surface area contributed by atoms with Crippen LogP contribution in [0.2, 0.25) is 5.02 Å². The lowest BCUT2D eigenvalue weighted by Gasteiger charge is -2.45. The molecule has 4 rings (SSSR count). The van der Waals surface area contributed by atoms with E-state index in [4.69, 9.17) is 16.4 Å². The molecule has 2 unspecified atom stereocenters. The number of carbonyl (C=O) groups is 1. The molecule has 2 atom stereocenters. The van der Waals surface area contributed by atoms with Crippen molar-refractivity contribution in [3.63, 3.8) is 0 Å². The molecule has 1 aromatic rings. The molecule has 1 amide bonds. The first kappa shape index (κ1) is 22.4. The summed E-state index contributed by atoms with van der Waals surface area (Å²) in [6.45, 7) is 12.5. The van der Waals surface area contributed by atoms with Gasteiger partial charge >= 0.3 is 0 Å². The molecule has 1 saturated carbocycles.